The summed E-state index contributed by atoms with van der Waals surface area (Å²) in [6, 6.07) is 18.4. The van der Waals surface area contributed by atoms with E-state index in [0.717, 1.165) is 63.4 Å². The van der Waals surface area contributed by atoms with E-state index >= 15 is 0 Å². The van der Waals surface area contributed by atoms with Gasteiger partial charge in [-0.3, -0.25) is 9.69 Å². The van der Waals surface area contributed by atoms with Crippen LogP contribution < -0.4 is 9.47 Å². The fourth-order valence-electron chi connectivity index (χ4n) is 5.48. The number of hydrogen-bond donors (Lipinski definition) is 0. The Morgan fingerprint density at radius 1 is 1.11 bits per heavy atom. The average molecular weight is 475 g/mol. The van der Waals surface area contributed by atoms with Crippen LogP contribution in [0.15, 0.2) is 65.3 Å². The molecule has 5 rings (SSSR count). The van der Waals surface area contributed by atoms with Crippen molar-refractivity contribution in [2.24, 2.45) is 5.92 Å². The van der Waals surface area contributed by atoms with Gasteiger partial charge in [0.25, 0.3) is 5.91 Å². The molecule has 1 saturated heterocycles. The number of likely N-dealkylation sites (tertiary alicyclic amines) is 1. The lowest BCUT2D eigenvalue weighted by Crippen LogP contribution is -2.47. The summed E-state index contributed by atoms with van der Waals surface area (Å²) in [6.45, 7) is 3.80. The SMILES string of the molecule is COc1cccc(C[C@@H](C2CCN(Cc3ccc4c(c3)CCO4)CC2)N(C)C(=O)c2ccco2)c1. The molecule has 1 atom stereocenters. The number of rotatable bonds is 8. The molecule has 1 amide bonds. The molecule has 0 unspecified atom stereocenters. The summed E-state index contributed by atoms with van der Waals surface area (Å²) >= 11 is 0. The van der Waals surface area contributed by atoms with E-state index in [9.17, 15) is 4.79 Å². The van der Waals surface area contributed by atoms with E-state index in [4.69, 9.17) is 13.9 Å². The van der Waals surface area contributed by atoms with E-state index in [-0.39, 0.29) is 11.9 Å². The molecule has 35 heavy (non-hydrogen) atoms. The Balaban J connectivity index is 1.27. The minimum absolute atomic E-state index is 0.0642. The topological polar surface area (TPSA) is 55.2 Å². The number of likely N-dealkylation sites (N-methyl/N-ethyl adjacent to an activating group) is 1. The van der Waals surface area contributed by atoms with Crippen molar-refractivity contribution in [3.8, 4) is 11.5 Å². The molecule has 0 spiro atoms. The summed E-state index contributed by atoms with van der Waals surface area (Å²) in [5, 5.41) is 0. The van der Waals surface area contributed by atoms with Gasteiger partial charge in [0, 0.05) is 26.1 Å². The molecule has 3 heterocycles. The van der Waals surface area contributed by atoms with Gasteiger partial charge in [0.1, 0.15) is 11.5 Å². The largest absolute Gasteiger partial charge is 0.497 e. The van der Waals surface area contributed by atoms with Crippen molar-refractivity contribution in [1.82, 2.24) is 9.80 Å². The first-order chi connectivity index (χ1) is 17.1. The lowest BCUT2D eigenvalue weighted by molar-refractivity contribution is 0.0556. The minimum atomic E-state index is -0.0642. The van der Waals surface area contributed by atoms with Crippen molar-refractivity contribution >= 4 is 5.91 Å². The second-order valence-electron chi connectivity index (χ2n) is 9.67. The van der Waals surface area contributed by atoms with Crippen molar-refractivity contribution in [2.45, 2.75) is 38.3 Å². The molecule has 0 N–H and O–H groups in total. The number of nitrogens with zero attached hydrogens (tertiary/aromatic N) is 2. The Labute approximate surface area is 207 Å². The maximum atomic E-state index is 13.2. The van der Waals surface area contributed by atoms with E-state index < -0.39 is 0 Å². The van der Waals surface area contributed by atoms with Crippen LogP contribution in [0.3, 0.4) is 0 Å². The van der Waals surface area contributed by atoms with Crippen LogP contribution in [0.25, 0.3) is 0 Å². The second kappa shape index (κ2) is 10.6. The number of methoxy groups -OCH3 is 1. The number of carbonyl (C=O) groups excluding carboxylic acids is 1. The van der Waals surface area contributed by atoms with Crippen molar-refractivity contribution in [2.75, 3.05) is 33.9 Å². The molecule has 0 aliphatic carbocycles. The molecule has 2 aromatic carbocycles. The highest BCUT2D eigenvalue weighted by atomic mass is 16.5. The third kappa shape index (κ3) is 5.38. The Hall–Kier alpha value is -3.25. The van der Waals surface area contributed by atoms with Crippen molar-refractivity contribution in [3.05, 3.63) is 83.3 Å². The van der Waals surface area contributed by atoms with Crippen molar-refractivity contribution in [1.29, 1.82) is 0 Å². The third-order valence-corrected chi connectivity index (χ3v) is 7.47. The van der Waals surface area contributed by atoms with Crippen LogP contribution >= 0.6 is 0 Å². The maximum Gasteiger partial charge on any atom is 0.289 e. The number of ether oxygens (including phenoxy) is 2. The van der Waals surface area contributed by atoms with Crippen LogP contribution in [0.2, 0.25) is 0 Å². The minimum Gasteiger partial charge on any atom is -0.497 e. The standard InChI is InChI=1S/C29H34N2O4/c1-30(29(32)28-7-4-15-34-28)26(19-21-5-3-6-25(18-21)33-2)23-10-13-31(14-11-23)20-22-8-9-27-24(17-22)12-16-35-27/h3-9,15,17-18,23,26H,10-14,16,19-20H2,1-2H3/t26-/m0/s1. The van der Waals surface area contributed by atoms with E-state index in [1.165, 1.54) is 16.7 Å². The predicted octanol–water partition coefficient (Wildman–Crippen LogP) is 4.82. The lowest BCUT2D eigenvalue weighted by Gasteiger charge is -2.40. The van der Waals surface area contributed by atoms with Gasteiger partial charge in [0.15, 0.2) is 5.76 Å². The summed E-state index contributed by atoms with van der Waals surface area (Å²) in [6.07, 6.45) is 5.46. The van der Waals surface area contributed by atoms with Crippen LogP contribution in [0.5, 0.6) is 11.5 Å². The molecule has 6 heteroatoms. The third-order valence-electron chi connectivity index (χ3n) is 7.47. The van der Waals surface area contributed by atoms with Crippen LogP contribution in [-0.4, -0.2) is 55.6 Å². The van der Waals surface area contributed by atoms with Gasteiger partial charge in [-0.2, -0.15) is 0 Å². The zero-order valence-electron chi connectivity index (χ0n) is 20.6. The fraction of sp³-hybridized carbons (Fsp3) is 0.414. The second-order valence-corrected chi connectivity index (χ2v) is 9.67. The Kier molecular flexibility index (Phi) is 7.09. The van der Waals surface area contributed by atoms with Gasteiger partial charge in [0.2, 0.25) is 0 Å². The summed E-state index contributed by atoms with van der Waals surface area (Å²) in [5.74, 6) is 2.62. The Morgan fingerprint density at radius 2 is 1.97 bits per heavy atom. The molecule has 3 aromatic rings. The van der Waals surface area contributed by atoms with E-state index in [0.29, 0.717) is 11.7 Å². The average Bonchev–Trinajstić information content (AvgIpc) is 3.59. The van der Waals surface area contributed by atoms with Gasteiger partial charge in [-0.15, -0.1) is 0 Å². The van der Waals surface area contributed by atoms with Gasteiger partial charge in [-0.25, -0.2) is 0 Å². The normalized spacial score (nSPS) is 17.0. The molecule has 0 radical (unpaired) electrons. The van der Waals surface area contributed by atoms with Gasteiger partial charge in [-0.05, 0) is 85.3 Å². The molecule has 1 aromatic heterocycles. The lowest BCUT2D eigenvalue weighted by atomic mass is 9.84. The first-order valence-electron chi connectivity index (χ1n) is 12.5. The first kappa shape index (κ1) is 23.5. The van der Waals surface area contributed by atoms with Gasteiger partial charge in [0.05, 0.1) is 20.0 Å². The van der Waals surface area contributed by atoms with Crippen molar-refractivity contribution < 1.29 is 18.7 Å². The number of hydrogen-bond acceptors (Lipinski definition) is 5. The number of carbonyl (C=O) groups is 1. The Bertz CT molecular complexity index is 1140. The summed E-state index contributed by atoms with van der Waals surface area (Å²) in [5.41, 5.74) is 3.86. The molecular formula is C29H34N2O4. The summed E-state index contributed by atoms with van der Waals surface area (Å²) in [4.78, 5) is 17.6. The number of piperidine rings is 1. The Morgan fingerprint density at radius 3 is 2.74 bits per heavy atom. The highest BCUT2D eigenvalue weighted by Gasteiger charge is 2.33. The monoisotopic (exact) mass is 474 g/mol. The molecule has 6 nitrogen and oxygen atoms in total. The quantitative estimate of drug-likeness (QED) is 0.469. The zero-order chi connectivity index (χ0) is 24.2. The highest BCUT2D eigenvalue weighted by Crippen LogP contribution is 2.30. The highest BCUT2D eigenvalue weighted by molar-refractivity contribution is 5.91. The fourth-order valence-corrected chi connectivity index (χ4v) is 5.48. The molecule has 1 fully saturated rings. The number of benzene rings is 2. The van der Waals surface area contributed by atoms with Crippen molar-refractivity contribution in [3.63, 3.8) is 0 Å². The van der Waals surface area contributed by atoms with Crippen LogP contribution in [0.4, 0.5) is 0 Å². The first-order valence-corrected chi connectivity index (χ1v) is 12.5. The van der Waals surface area contributed by atoms with Crippen LogP contribution in [0.1, 0.15) is 40.1 Å². The van der Waals surface area contributed by atoms with Crippen LogP contribution in [-0.2, 0) is 19.4 Å². The molecule has 0 bridgehead atoms. The summed E-state index contributed by atoms with van der Waals surface area (Å²) < 4.78 is 16.5. The number of amides is 1. The van der Waals surface area contributed by atoms with Gasteiger partial charge < -0.3 is 18.8 Å². The smallest absolute Gasteiger partial charge is 0.289 e. The molecular weight excluding hydrogens is 440 g/mol. The molecule has 2 aliphatic rings. The molecule has 184 valence electrons. The predicted molar refractivity (Wildman–Crippen MR) is 135 cm³/mol. The van der Waals surface area contributed by atoms with E-state index in [1.54, 1.807) is 25.5 Å². The van der Waals surface area contributed by atoms with E-state index in [2.05, 4.69) is 35.2 Å². The van der Waals surface area contributed by atoms with Gasteiger partial charge >= 0.3 is 0 Å². The number of furan rings is 1. The van der Waals surface area contributed by atoms with Gasteiger partial charge in [-0.1, -0.05) is 24.3 Å². The van der Waals surface area contributed by atoms with Crippen LogP contribution in [0, 0.1) is 5.92 Å². The molecule has 2 aliphatic heterocycles. The van der Waals surface area contributed by atoms with E-state index in [1.807, 2.05) is 24.1 Å². The zero-order valence-corrected chi connectivity index (χ0v) is 20.6. The number of fused-ring (bicyclic) bond motifs is 1. The molecule has 0 saturated carbocycles. The summed E-state index contributed by atoms with van der Waals surface area (Å²) in [7, 11) is 3.60. The maximum absolute atomic E-state index is 13.2.